The summed E-state index contributed by atoms with van der Waals surface area (Å²) in [7, 11) is 0. The number of benzene rings is 1. The Kier molecular flexibility index (Phi) is 4.92. The molecule has 3 nitrogen and oxygen atoms in total. The first-order valence-corrected chi connectivity index (χ1v) is 7.90. The third kappa shape index (κ3) is 3.63. The normalized spacial score (nSPS) is 12.7. The maximum Gasteiger partial charge on any atom is 0.0940 e. The van der Waals surface area contributed by atoms with Gasteiger partial charge in [0.15, 0.2) is 0 Å². The predicted octanol–water partition coefficient (Wildman–Crippen LogP) is 4.87. The molecule has 0 fully saturated rings. The van der Waals surface area contributed by atoms with E-state index in [2.05, 4.69) is 22.1 Å². The molecular weight excluding hydrogens is 294 g/mol. The molecule has 0 atom stereocenters. The van der Waals surface area contributed by atoms with Crippen LogP contribution in [0.25, 0.3) is 11.3 Å². The fourth-order valence-corrected chi connectivity index (χ4v) is 2.45. The molecule has 3 rings (SSSR count). The van der Waals surface area contributed by atoms with Gasteiger partial charge in [0.25, 0.3) is 0 Å². The largest absolute Gasteiger partial charge is 0.257 e. The van der Waals surface area contributed by atoms with Crippen molar-refractivity contribution in [2.45, 2.75) is 13.8 Å². The van der Waals surface area contributed by atoms with Crippen LogP contribution in [0.1, 0.15) is 30.8 Å². The summed E-state index contributed by atoms with van der Waals surface area (Å²) in [4.78, 5) is 13.8. The summed E-state index contributed by atoms with van der Waals surface area (Å²) in [6.07, 6.45) is 3.58. The van der Waals surface area contributed by atoms with Gasteiger partial charge in [-0.05, 0) is 43.7 Å². The molecular formula is C21H19N3. The summed E-state index contributed by atoms with van der Waals surface area (Å²) in [6.45, 7) is 4.05. The molecule has 0 unspecified atom stereocenters. The van der Waals surface area contributed by atoms with Gasteiger partial charge in [0.1, 0.15) is 0 Å². The fourth-order valence-electron chi connectivity index (χ4n) is 2.45. The number of aromatic nitrogens is 2. The van der Waals surface area contributed by atoms with E-state index in [-0.39, 0.29) is 0 Å². The number of allylic oxidation sites excluding steroid dienone is 1. The van der Waals surface area contributed by atoms with Gasteiger partial charge < -0.3 is 0 Å². The standard InChI is InChI=1S/C21H19N3/c1-16(19-12-6-8-14-22-19)21(20-13-7-9-15-23-20)24-17(2)18-10-4-3-5-11-18/h3-15H,1-2H3/b21-16+,24-17?. The summed E-state index contributed by atoms with van der Waals surface area (Å²) < 4.78 is 0. The quantitative estimate of drug-likeness (QED) is 0.644. The summed E-state index contributed by atoms with van der Waals surface area (Å²) in [6, 6.07) is 21.9. The highest BCUT2D eigenvalue weighted by molar-refractivity contribution is 6.04. The highest BCUT2D eigenvalue weighted by Crippen LogP contribution is 2.25. The van der Waals surface area contributed by atoms with Crippen LogP contribution in [0.4, 0.5) is 0 Å². The Morgan fingerprint density at radius 1 is 0.708 bits per heavy atom. The summed E-state index contributed by atoms with van der Waals surface area (Å²) in [5.41, 5.74) is 5.64. The number of nitrogens with zero attached hydrogens (tertiary/aromatic N) is 3. The van der Waals surface area contributed by atoms with Gasteiger partial charge >= 0.3 is 0 Å². The minimum atomic E-state index is 0.843. The van der Waals surface area contributed by atoms with Crippen LogP contribution in [0.5, 0.6) is 0 Å². The maximum absolute atomic E-state index is 4.89. The van der Waals surface area contributed by atoms with Crippen molar-refractivity contribution in [3.05, 3.63) is 96.1 Å². The lowest BCUT2D eigenvalue weighted by Gasteiger charge is -2.09. The number of pyridine rings is 2. The van der Waals surface area contributed by atoms with Crippen LogP contribution in [-0.2, 0) is 0 Å². The zero-order valence-electron chi connectivity index (χ0n) is 13.8. The Bertz CT molecular complexity index is 851. The molecule has 0 radical (unpaired) electrons. The molecule has 0 aliphatic rings. The highest BCUT2D eigenvalue weighted by Gasteiger charge is 2.10. The molecule has 1 aromatic carbocycles. The Labute approximate surface area is 142 Å². The molecule has 118 valence electrons. The van der Waals surface area contributed by atoms with Gasteiger partial charge in [-0.15, -0.1) is 0 Å². The lowest BCUT2D eigenvalue weighted by Crippen LogP contribution is -1.98. The van der Waals surface area contributed by atoms with E-state index in [1.54, 1.807) is 12.4 Å². The van der Waals surface area contributed by atoms with Crippen molar-refractivity contribution in [2.24, 2.45) is 4.99 Å². The van der Waals surface area contributed by atoms with Crippen molar-refractivity contribution in [3.8, 4) is 0 Å². The van der Waals surface area contributed by atoms with Crippen molar-refractivity contribution < 1.29 is 0 Å². The summed E-state index contributed by atoms with van der Waals surface area (Å²) in [5.74, 6) is 0. The molecule has 0 N–H and O–H groups in total. The van der Waals surface area contributed by atoms with Crippen LogP contribution < -0.4 is 0 Å². The molecule has 0 spiro atoms. The third-order valence-corrected chi connectivity index (χ3v) is 3.78. The molecule has 3 heteroatoms. The number of aliphatic imine (C=N–C) groups is 1. The van der Waals surface area contributed by atoms with Crippen LogP contribution in [0.15, 0.2) is 84.1 Å². The minimum Gasteiger partial charge on any atom is -0.257 e. The topological polar surface area (TPSA) is 38.1 Å². The molecule has 2 heterocycles. The van der Waals surface area contributed by atoms with E-state index in [4.69, 9.17) is 4.99 Å². The van der Waals surface area contributed by atoms with E-state index in [0.717, 1.165) is 33.9 Å². The third-order valence-electron chi connectivity index (χ3n) is 3.78. The van der Waals surface area contributed by atoms with Gasteiger partial charge in [-0.25, -0.2) is 0 Å². The highest BCUT2D eigenvalue weighted by atomic mass is 14.8. The predicted molar refractivity (Wildman–Crippen MR) is 99.6 cm³/mol. The fraction of sp³-hybridized carbons (Fsp3) is 0.0952. The SMILES string of the molecule is CC(=N/C(=C(\C)c1ccccn1)c1ccccn1)c1ccccc1. The van der Waals surface area contributed by atoms with E-state index >= 15 is 0 Å². The molecule has 3 aromatic rings. The molecule has 0 saturated carbocycles. The van der Waals surface area contributed by atoms with E-state index < -0.39 is 0 Å². The Balaban J connectivity index is 2.14. The Hall–Kier alpha value is -3.07. The van der Waals surface area contributed by atoms with Gasteiger partial charge in [0, 0.05) is 23.7 Å². The van der Waals surface area contributed by atoms with Crippen LogP contribution in [0.3, 0.4) is 0 Å². The van der Waals surface area contributed by atoms with Crippen LogP contribution in [0, 0.1) is 0 Å². The summed E-state index contributed by atoms with van der Waals surface area (Å²) in [5, 5.41) is 0. The second kappa shape index (κ2) is 7.47. The monoisotopic (exact) mass is 313 g/mol. The minimum absolute atomic E-state index is 0.843. The van der Waals surface area contributed by atoms with Crippen LogP contribution in [0.2, 0.25) is 0 Å². The molecule has 0 saturated heterocycles. The number of hydrogen-bond donors (Lipinski definition) is 0. The van der Waals surface area contributed by atoms with Crippen molar-refractivity contribution in [2.75, 3.05) is 0 Å². The summed E-state index contributed by atoms with van der Waals surface area (Å²) >= 11 is 0. The van der Waals surface area contributed by atoms with E-state index in [1.165, 1.54) is 0 Å². The lowest BCUT2D eigenvalue weighted by atomic mass is 10.1. The average molecular weight is 313 g/mol. The molecule has 0 amide bonds. The molecule has 24 heavy (non-hydrogen) atoms. The second-order valence-corrected chi connectivity index (χ2v) is 5.47. The first-order valence-electron chi connectivity index (χ1n) is 7.90. The second-order valence-electron chi connectivity index (χ2n) is 5.47. The van der Waals surface area contributed by atoms with Crippen molar-refractivity contribution >= 4 is 17.0 Å². The van der Waals surface area contributed by atoms with Crippen molar-refractivity contribution in [1.29, 1.82) is 0 Å². The van der Waals surface area contributed by atoms with Gasteiger partial charge in [-0.1, -0.05) is 42.5 Å². The van der Waals surface area contributed by atoms with Crippen LogP contribution >= 0.6 is 0 Å². The van der Waals surface area contributed by atoms with E-state index in [1.807, 2.05) is 68.4 Å². The zero-order chi connectivity index (χ0) is 16.8. The van der Waals surface area contributed by atoms with Gasteiger partial charge in [0.2, 0.25) is 0 Å². The lowest BCUT2D eigenvalue weighted by molar-refractivity contribution is 1.23. The zero-order valence-corrected chi connectivity index (χ0v) is 13.8. The van der Waals surface area contributed by atoms with Gasteiger partial charge in [-0.3, -0.25) is 15.0 Å². The Morgan fingerprint density at radius 2 is 1.29 bits per heavy atom. The number of rotatable bonds is 4. The first-order chi connectivity index (χ1) is 11.8. The Morgan fingerprint density at radius 3 is 1.88 bits per heavy atom. The van der Waals surface area contributed by atoms with Gasteiger partial charge in [-0.2, -0.15) is 0 Å². The van der Waals surface area contributed by atoms with Gasteiger partial charge in [0.05, 0.1) is 17.1 Å². The van der Waals surface area contributed by atoms with E-state index in [9.17, 15) is 0 Å². The van der Waals surface area contributed by atoms with Crippen molar-refractivity contribution in [3.63, 3.8) is 0 Å². The molecule has 0 aliphatic carbocycles. The average Bonchev–Trinajstić information content (AvgIpc) is 2.67. The van der Waals surface area contributed by atoms with E-state index in [0.29, 0.717) is 0 Å². The molecule has 2 aromatic heterocycles. The van der Waals surface area contributed by atoms with Crippen molar-refractivity contribution in [1.82, 2.24) is 9.97 Å². The smallest absolute Gasteiger partial charge is 0.0940 e. The molecule has 0 bridgehead atoms. The number of hydrogen-bond acceptors (Lipinski definition) is 3. The van der Waals surface area contributed by atoms with Crippen LogP contribution in [-0.4, -0.2) is 15.7 Å². The first kappa shape index (κ1) is 15.8. The maximum atomic E-state index is 4.89. The molecule has 0 aliphatic heterocycles.